The zero-order chi connectivity index (χ0) is 12.6. The molecule has 0 heterocycles. The predicted octanol–water partition coefficient (Wildman–Crippen LogP) is -0.0690. The van der Waals surface area contributed by atoms with E-state index < -0.39 is 17.4 Å². The van der Waals surface area contributed by atoms with Crippen LogP contribution in [0.3, 0.4) is 0 Å². The molecule has 5 nitrogen and oxygen atoms in total. The topological polar surface area (TPSA) is 72.8 Å². The molecule has 0 aromatic carbocycles. The highest BCUT2D eigenvalue weighted by Crippen LogP contribution is 2.16. The summed E-state index contributed by atoms with van der Waals surface area (Å²) in [6.07, 6.45) is 0. The number of carbonyl (C=O) groups excluding carboxylic acids is 2. The Bertz CT molecular complexity index is 224. The highest BCUT2D eigenvalue weighted by Gasteiger charge is 2.27. The number of esters is 2. The van der Waals surface area contributed by atoms with E-state index in [0.717, 1.165) is 0 Å². The van der Waals surface area contributed by atoms with E-state index in [0.29, 0.717) is 0 Å². The van der Waals surface area contributed by atoms with Crippen LogP contribution in [0.5, 0.6) is 0 Å². The van der Waals surface area contributed by atoms with Crippen molar-refractivity contribution in [2.45, 2.75) is 6.92 Å². The Labute approximate surface area is 105 Å². The van der Waals surface area contributed by atoms with E-state index >= 15 is 0 Å². The van der Waals surface area contributed by atoms with Crippen LogP contribution in [0.25, 0.3) is 0 Å². The Hall–Kier alpha value is -0.400. The maximum atomic E-state index is 10.9. The summed E-state index contributed by atoms with van der Waals surface area (Å²) in [5.41, 5.74) is -0.794. The van der Waals surface area contributed by atoms with Gasteiger partial charge in [0.15, 0.2) is 0 Å². The molecular weight excluding hydrogens is 252 g/mol. The number of hydrogen-bond acceptors (Lipinski definition) is 7. The number of hydrogen-bond donors (Lipinski definition) is 3. The summed E-state index contributed by atoms with van der Waals surface area (Å²) in [6, 6.07) is 0. The summed E-state index contributed by atoms with van der Waals surface area (Å²) in [5, 5.41) is 9.14. The number of aliphatic hydroxyl groups excluding tert-OH is 1. The molecule has 0 aliphatic carbocycles. The normalized spacial score (nSPS) is 11.0. The van der Waals surface area contributed by atoms with Crippen molar-refractivity contribution >= 4 is 37.2 Å². The van der Waals surface area contributed by atoms with Gasteiger partial charge in [0, 0.05) is 0 Å². The molecule has 0 bridgehead atoms. The molecule has 16 heavy (non-hydrogen) atoms. The van der Waals surface area contributed by atoms with Crippen molar-refractivity contribution in [3.05, 3.63) is 0 Å². The summed E-state index contributed by atoms with van der Waals surface area (Å²) >= 11 is 7.48. The molecule has 0 unspecified atom stereocenters. The van der Waals surface area contributed by atoms with Crippen molar-refractivity contribution < 1.29 is 24.2 Å². The molecule has 1 N–H and O–H groups in total. The number of thiol groups is 2. The van der Waals surface area contributed by atoms with Gasteiger partial charge in [0.25, 0.3) is 0 Å². The molecule has 0 aromatic rings. The zero-order valence-electron chi connectivity index (χ0n) is 9.01. The van der Waals surface area contributed by atoms with Gasteiger partial charge in [-0.1, -0.05) is 6.92 Å². The highest BCUT2D eigenvalue weighted by molar-refractivity contribution is 7.81. The first-order valence-corrected chi connectivity index (χ1v) is 5.88. The molecule has 0 saturated carbocycles. The van der Waals surface area contributed by atoms with Gasteiger partial charge in [0.05, 0.1) is 23.5 Å². The lowest BCUT2D eigenvalue weighted by Gasteiger charge is -2.25. The molecule has 0 saturated heterocycles. The van der Waals surface area contributed by atoms with Crippen molar-refractivity contribution in [2.75, 3.05) is 31.3 Å². The molecule has 94 valence electrons. The summed E-state index contributed by atoms with van der Waals surface area (Å²) in [4.78, 5) is 21.7. The maximum Gasteiger partial charge on any atom is 0.315 e. The van der Waals surface area contributed by atoms with E-state index in [2.05, 4.69) is 25.3 Å². The van der Waals surface area contributed by atoms with Crippen LogP contribution in [0.4, 0.5) is 0 Å². The molecule has 0 spiro atoms. The van der Waals surface area contributed by atoms with Crippen molar-refractivity contribution in [1.82, 2.24) is 0 Å². The first-order valence-electron chi connectivity index (χ1n) is 4.61. The van der Waals surface area contributed by atoms with Crippen LogP contribution < -0.4 is 0 Å². The van der Waals surface area contributed by atoms with Crippen LogP contribution in [-0.2, 0) is 19.1 Å². The standard InChI is InChI=1S/C9H16O5S2/c1-9(4-10,5-13-7(11)2-15)6-14-8(12)3-16/h10,15-16H,2-6H2,1H3. The molecule has 7 heteroatoms. The van der Waals surface area contributed by atoms with E-state index in [1.54, 1.807) is 6.92 Å². The van der Waals surface area contributed by atoms with Crippen molar-refractivity contribution in [3.8, 4) is 0 Å². The Morgan fingerprint density at radius 1 is 1.12 bits per heavy atom. The minimum atomic E-state index is -0.794. The molecule has 0 aliphatic heterocycles. The second-order valence-corrected chi connectivity index (χ2v) is 4.24. The summed E-state index contributed by atoms with van der Waals surface area (Å²) < 4.78 is 9.65. The first kappa shape index (κ1) is 15.6. The van der Waals surface area contributed by atoms with Crippen LogP contribution in [0.1, 0.15) is 6.92 Å². The summed E-state index contributed by atoms with van der Waals surface area (Å²) in [5.74, 6) is -1.03. The van der Waals surface area contributed by atoms with Gasteiger partial charge in [-0.05, 0) is 0 Å². The second kappa shape index (κ2) is 7.81. The highest BCUT2D eigenvalue weighted by atomic mass is 32.1. The van der Waals surface area contributed by atoms with E-state index in [1.807, 2.05) is 0 Å². The van der Waals surface area contributed by atoms with Crippen molar-refractivity contribution in [3.63, 3.8) is 0 Å². The fourth-order valence-corrected chi connectivity index (χ4v) is 0.916. The summed E-state index contributed by atoms with van der Waals surface area (Å²) in [6.45, 7) is 1.34. The average Bonchev–Trinajstić information content (AvgIpc) is 2.32. The molecule has 0 aromatic heterocycles. The quantitative estimate of drug-likeness (QED) is 0.445. The SMILES string of the molecule is CC(CO)(COC(=O)CS)COC(=O)CS. The van der Waals surface area contributed by atoms with Gasteiger partial charge < -0.3 is 14.6 Å². The minimum Gasteiger partial charge on any atom is -0.464 e. The monoisotopic (exact) mass is 268 g/mol. The third kappa shape index (κ3) is 6.24. The molecule has 0 fully saturated rings. The van der Waals surface area contributed by atoms with Gasteiger partial charge in [-0.3, -0.25) is 9.59 Å². The molecule has 0 aliphatic rings. The minimum absolute atomic E-state index is 0.0251. The average molecular weight is 268 g/mol. The van der Waals surface area contributed by atoms with Gasteiger partial charge >= 0.3 is 11.9 Å². The van der Waals surface area contributed by atoms with Gasteiger partial charge in [-0.15, -0.1) is 0 Å². The molecule has 0 atom stereocenters. The Morgan fingerprint density at radius 2 is 1.50 bits per heavy atom. The molecular formula is C9H16O5S2. The third-order valence-electron chi connectivity index (χ3n) is 1.80. The lowest BCUT2D eigenvalue weighted by Crippen LogP contribution is -2.35. The molecule has 0 radical (unpaired) electrons. The van der Waals surface area contributed by atoms with Crippen LogP contribution in [0.2, 0.25) is 0 Å². The Kier molecular flexibility index (Phi) is 7.61. The van der Waals surface area contributed by atoms with E-state index in [9.17, 15) is 9.59 Å². The lowest BCUT2D eigenvalue weighted by atomic mass is 9.94. The van der Waals surface area contributed by atoms with Crippen LogP contribution in [0.15, 0.2) is 0 Å². The predicted molar refractivity (Wildman–Crippen MR) is 64.8 cm³/mol. The summed E-state index contributed by atoms with van der Waals surface area (Å²) in [7, 11) is 0. The van der Waals surface area contributed by atoms with Crippen molar-refractivity contribution in [2.24, 2.45) is 5.41 Å². The van der Waals surface area contributed by atoms with Crippen LogP contribution >= 0.6 is 25.3 Å². The Morgan fingerprint density at radius 3 is 1.75 bits per heavy atom. The fraction of sp³-hybridized carbons (Fsp3) is 0.778. The first-order chi connectivity index (χ1) is 7.47. The fourth-order valence-electron chi connectivity index (χ4n) is 0.734. The van der Waals surface area contributed by atoms with Crippen molar-refractivity contribution in [1.29, 1.82) is 0 Å². The smallest absolute Gasteiger partial charge is 0.315 e. The maximum absolute atomic E-state index is 10.9. The number of carbonyl (C=O) groups is 2. The lowest BCUT2D eigenvalue weighted by molar-refractivity contribution is -0.151. The molecule has 0 amide bonds. The van der Waals surface area contributed by atoms with E-state index in [1.165, 1.54) is 0 Å². The van der Waals surface area contributed by atoms with Crippen LogP contribution in [-0.4, -0.2) is 48.4 Å². The van der Waals surface area contributed by atoms with Gasteiger partial charge in [-0.25, -0.2) is 0 Å². The van der Waals surface area contributed by atoms with Gasteiger partial charge in [-0.2, -0.15) is 25.3 Å². The second-order valence-electron chi connectivity index (χ2n) is 3.61. The van der Waals surface area contributed by atoms with E-state index in [-0.39, 0.29) is 31.3 Å². The zero-order valence-corrected chi connectivity index (χ0v) is 10.8. The largest absolute Gasteiger partial charge is 0.464 e. The van der Waals surface area contributed by atoms with Gasteiger partial charge in [0.2, 0.25) is 0 Å². The van der Waals surface area contributed by atoms with Gasteiger partial charge in [0.1, 0.15) is 13.2 Å². The number of aliphatic hydroxyl groups is 1. The van der Waals surface area contributed by atoms with Crippen LogP contribution in [0, 0.1) is 5.41 Å². The number of ether oxygens (including phenoxy) is 2. The Balaban J connectivity index is 4.09. The number of rotatable bonds is 7. The van der Waals surface area contributed by atoms with E-state index in [4.69, 9.17) is 14.6 Å². The molecule has 0 rings (SSSR count). The third-order valence-corrected chi connectivity index (χ3v) is 2.32.